The maximum absolute atomic E-state index is 12.8. The Morgan fingerprint density at radius 1 is 0.769 bits per heavy atom. The Bertz CT molecular complexity index is 762. The lowest BCUT2D eigenvalue weighted by Crippen LogP contribution is -2.38. The van der Waals surface area contributed by atoms with Gasteiger partial charge in [0.2, 0.25) is 5.91 Å². The number of hydrogen-bond donors (Lipinski definition) is 1. The molecule has 0 aliphatic rings. The zero-order valence-corrected chi connectivity index (χ0v) is 15.0. The van der Waals surface area contributed by atoms with E-state index in [1.807, 2.05) is 66.7 Å². The third-order valence-corrected chi connectivity index (χ3v) is 4.43. The first-order valence-electron chi connectivity index (χ1n) is 8.86. The second kappa shape index (κ2) is 8.97. The quantitative estimate of drug-likeness (QED) is 0.697. The number of rotatable bonds is 7. The van der Waals surface area contributed by atoms with Crippen molar-refractivity contribution < 1.29 is 4.79 Å². The standard InChI is InChI=1S/C23H24N2O/c1-24-23(26)22(21-15-9-4-10-16-21)25(17-19-11-5-2-6-12-19)18-20-13-7-3-8-14-20/h2-16,22H,17-18H2,1H3,(H,24,26). The van der Waals surface area contributed by atoms with E-state index in [1.165, 1.54) is 11.1 Å². The molecule has 132 valence electrons. The zero-order chi connectivity index (χ0) is 18.2. The maximum atomic E-state index is 12.8. The van der Waals surface area contributed by atoms with Gasteiger partial charge in [0.05, 0.1) is 0 Å². The van der Waals surface area contributed by atoms with E-state index in [4.69, 9.17) is 0 Å². The Hall–Kier alpha value is -2.91. The van der Waals surface area contributed by atoms with Crippen molar-refractivity contribution in [3.8, 4) is 0 Å². The van der Waals surface area contributed by atoms with Crippen molar-refractivity contribution >= 4 is 5.91 Å². The van der Waals surface area contributed by atoms with Crippen molar-refractivity contribution in [2.24, 2.45) is 0 Å². The van der Waals surface area contributed by atoms with Gasteiger partial charge in [0.15, 0.2) is 0 Å². The summed E-state index contributed by atoms with van der Waals surface area (Å²) in [5, 5.41) is 2.83. The second-order valence-corrected chi connectivity index (χ2v) is 6.30. The van der Waals surface area contributed by atoms with Gasteiger partial charge in [-0.05, 0) is 16.7 Å². The fourth-order valence-corrected chi connectivity index (χ4v) is 3.17. The molecule has 3 nitrogen and oxygen atoms in total. The highest BCUT2D eigenvalue weighted by Gasteiger charge is 2.27. The van der Waals surface area contributed by atoms with Crippen LogP contribution in [0.25, 0.3) is 0 Å². The minimum atomic E-state index is -0.346. The largest absolute Gasteiger partial charge is 0.358 e. The van der Waals surface area contributed by atoms with E-state index in [1.54, 1.807) is 7.05 Å². The molecule has 3 rings (SSSR count). The van der Waals surface area contributed by atoms with Crippen LogP contribution in [0.3, 0.4) is 0 Å². The van der Waals surface area contributed by atoms with Crippen LogP contribution in [0.5, 0.6) is 0 Å². The highest BCUT2D eigenvalue weighted by molar-refractivity contribution is 5.82. The summed E-state index contributed by atoms with van der Waals surface area (Å²) in [6, 6.07) is 30.2. The number of nitrogens with zero attached hydrogens (tertiary/aromatic N) is 1. The first-order valence-corrected chi connectivity index (χ1v) is 8.86. The summed E-state index contributed by atoms with van der Waals surface area (Å²) in [6.45, 7) is 1.39. The van der Waals surface area contributed by atoms with E-state index in [0.29, 0.717) is 13.1 Å². The number of carbonyl (C=O) groups excluding carboxylic acids is 1. The molecule has 3 aromatic carbocycles. The van der Waals surface area contributed by atoms with Crippen LogP contribution < -0.4 is 5.32 Å². The van der Waals surface area contributed by atoms with Gasteiger partial charge >= 0.3 is 0 Å². The van der Waals surface area contributed by atoms with E-state index in [9.17, 15) is 4.79 Å². The van der Waals surface area contributed by atoms with Crippen molar-refractivity contribution in [1.82, 2.24) is 10.2 Å². The predicted octanol–water partition coefficient (Wildman–Crippen LogP) is 4.18. The van der Waals surface area contributed by atoms with Gasteiger partial charge in [-0.3, -0.25) is 9.69 Å². The number of hydrogen-bond acceptors (Lipinski definition) is 2. The molecule has 0 aliphatic carbocycles. The van der Waals surface area contributed by atoms with Crippen LogP contribution in [-0.2, 0) is 17.9 Å². The topological polar surface area (TPSA) is 32.3 Å². The minimum absolute atomic E-state index is 0.00284. The molecule has 0 aliphatic heterocycles. The number of amides is 1. The number of carbonyl (C=O) groups is 1. The van der Waals surface area contributed by atoms with Gasteiger partial charge in [-0.1, -0.05) is 91.0 Å². The predicted molar refractivity (Wildman–Crippen MR) is 105 cm³/mol. The molecule has 1 unspecified atom stereocenters. The molecule has 0 bridgehead atoms. The molecule has 0 radical (unpaired) electrons. The van der Waals surface area contributed by atoms with E-state index in [0.717, 1.165) is 5.56 Å². The second-order valence-electron chi connectivity index (χ2n) is 6.30. The van der Waals surface area contributed by atoms with E-state index >= 15 is 0 Å². The van der Waals surface area contributed by atoms with Crippen molar-refractivity contribution in [3.63, 3.8) is 0 Å². The monoisotopic (exact) mass is 344 g/mol. The lowest BCUT2D eigenvalue weighted by molar-refractivity contribution is -0.126. The molecule has 1 atom stereocenters. The minimum Gasteiger partial charge on any atom is -0.358 e. The molecular formula is C23H24N2O. The molecule has 3 aromatic rings. The fourth-order valence-electron chi connectivity index (χ4n) is 3.17. The highest BCUT2D eigenvalue weighted by Crippen LogP contribution is 2.25. The molecule has 26 heavy (non-hydrogen) atoms. The van der Waals surface area contributed by atoms with Gasteiger partial charge in [-0.15, -0.1) is 0 Å². The Kier molecular flexibility index (Phi) is 6.18. The SMILES string of the molecule is CNC(=O)C(c1ccccc1)N(Cc1ccccc1)Cc1ccccc1. The summed E-state index contributed by atoms with van der Waals surface area (Å²) in [5.41, 5.74) is 3.38. The average Bonchev–Trinajstić information content (AvgIpc) is 2.70. The number of nitrogens with one attached hydrogen (secondary N) is 1. The molecule has 0 heterocycles. The molecular weight excluding hydrogens is 320 g/mol. The highest BCUT2D eigenvalue weighted by atomic mass is 16.2. The fraction of sp³-hybridized carbons (Fsp3) is 0.174. The van der Waals surface area contributed by atoms with E-state index in [2.05, 4.69) is 34.5 Å². The van der Waals surface area contributed by atoms with Crippen molar-refractivity contribution in [2.45, 2.75) is 19.1 Å². The summed E-state index contributed by atoms with van der Waals surface area (Å²) < 4.78 is 0. The van der Waals surface area contributed by atoms with Crippen molar-refractivity contribution in [1.29, 1.82) is 0 Å². The summed E-state index contributed by atoms with van der Waals surface area (Å²) in [4.78, 5) is 15.0. The lowest BCUT2D eigenvalue weighted by atomic mass is 10.0. The molecule has 0 fully saturated rings. The Balaban J connectivity index is 1.96. The summed E-state index contributed by atoms with van der Waals surface area (Å²) in [6.07, 6.45) is 0. The van der Waals surface area contributed by atoms with Crippen LogP contribution in [0.1, 0.15) is 22.7 Å². The molecule has 1 N–H and O–H groups in total. The van der Waals surface area contributed by atoms with Gasteiger partial charge in [0.25, 0.3) is 0 Å². The van der Waals surface area contributed by atoms with E-state index in [-0.39, 0.29) is 11.9 Å². The Labute approximate surface area is 155 Å². The van der Waals surface area contributed by atoms with Gasteiger partial charge in [-0.25, -0.2) is 0 Å². The van der Waals surface area contributed by atoms with Crippen LogP contribution in [-0.4, -0.2) is 17.9 Å². The molecule has 0 saturated heterocycles. The van der Waals surface area contributed by atoms with Crippen LogP contribution in [0.4, 0.5) is 0 Å². The van der Waals surface area contributed by atoms with Crippen molar-refractivity contribution in [2.75, 3.05) is 7.05 Å². The van der Waals surface area contributed by atoms with Crippen LogP contribution in [0.2, 0.25) is 0 Å². The normalized spacial score (nSPS) is 11.9. The molecule has 0 spiro atoms. The Morgan fingerprint density at radius 3 is 1.62 bits per heavy atom. The molecule has 3 heteroatoms. The van der Waals surface area contributed by atoms with Gasteiger partial charge in [0, 0.05) is 20.1 Å². The molecule has 1 amide bonds. The summed E-state index contributed by atoms with van der Waals surface area (Å²) in [7, 11) is 1.70. The van der Waals surface area contributed by atoms with Gasteiger partial charge in [-0.2, -0.15) is 0 Å². The van der Waals surface area contributed by atoms with Crippen LogP contribution >= 0.6 is 0 Å². The van der Waals surface area contributed by atoms with Crippen LogP contribution in [0, 0.1) is 0 Å². The van der Waals surface area contributed by atoms with Crippen molar-refractivity contribution in [3.05, 3.63) is 108 Å². The Morgan fingerprint density at radius 2 is 1.19 bits per heavy atom. The summed E-state index contributed by atoms with van der Waals surface area (Å²) in [5.74, 6) is 0.00284. The third-order valence-electron chi connectivity index (χ3n) is 4.43. The van der Waals surface area contributed by atoms with E-state index < -0.39 is 0 Å². The maximum Gasteiger partial charge on any atom is 0.241 e. The zero-order valence-electron chi connectivity index (χ0n) is 15.0. The smallest absolute Gasteiger partial charge is 0.241 e. The van der Waals surface area contributed by atoms with Gasteiger partial charge in [0.1, 0.15) is 6.04 Å². The van der Waals surface area contributed by atoms with Gasteiger partial charge < -0.3 is 5.32 Å². The lowest BCUT2D eigenvalue weighted by Gasteiger charge is -2.31. The number of likely N-dealkylation sites (N-methyl/N-ethyl adjacent to an activating group) is 1. The first-order chi connectivity index (χ1) is 12.8. The molecule has 0 aromatic heterocycles. The number of benzene rings is 3. The average molecular weight is 344 g/mol. The molecule has 0 saturated carbocycles. The first kappa shape index (κ1) is 17.9. The third kappa shape index (κ3) is 4.58. The summed E-state index contributed by atoms with van der Waals surface area (Å²) >= 11 is 0. The van der Waals surface area contributed by atoms with Crippen LogP contribution in [0.15, 0.2) is 91.0 Å².